The number of aliphatic hydroxyl groups excluding tert-OH is 1. The van der Waals surface area contributed by atoms with E-state index in [-0.39, 0.29) is 12.0 Å². The lowest BCUT2D eigenvalue weighted by Crippen LogP contribution is -2.52. The van der Waals surface area contributed by atoms with Gasteiger partial charge in [0.25, 0.3) is 0 Å². The number of likely N-dealkylation sites (N-methyl/N-ethyl adjacent to an activating group) is 1. The van der Waals surface area contributed by atoms with Gasteiger partial charge in [0, 0.05) is 19.1 Å². The van der Waals surface area contributed by atoms with Crippen LogP contribution in [-0.2, 0) is 0 Å². The predicted octanol–water partition coefficient (Wildman–Crippen LogP) is 0.522. The number of hydrogen-bond donors (Lipinski definition) is 2. The molecule has 1 aromatic rings. The SMILES string of the molecule is Cc1nc(N)nc(N2CC[C@H](N(C)C)[C@@H](O)C2)c1Cl. The monoisotopic (exact) mass is 285 g/mol. The van der Waals surface area contributed by atoms with Gasteiger partial charge in [0.05, 0.1) is 11.8 Å². The smallest absolute Gasteiger partial charge is 0.222 e. The van der Waals surface area contributed by atoms with Gasteiger partial charge >= 0.3 is 0 Å². The van der Waals surface area contributed by atoms with Crippen LogP contribution in [-0.4, -0.2) is 59.3 Å². The Morgan fingerprint density at radius 3 is 2.68 bits per heavy atom. The van der Waals surface area contributed by atoms with Crippen molar-refractivity contribution < 1.29 is 5.11 Å². The van der Waals surface area contributed by atoms with Crippen LogP contribution in [0.4, 0.5) is 11.8 Å². The van der Waals surface area contributed by atoms with Crippen molar-refractivity contribution in [1.82, 2.24) is 14.9 Å². The Kier molecular flexibility index (Phi) is 4.13. The average Bonchev–Trinajstić information content (AvgIpc) is 2.33. The molecule has 2 atom stereocenters. The number of piperidine rings is 1. The van der Waals surface area contributed by atoms with Crippen LogP contribution in [0.5, 0.6) is 0 Å². The molecule has 0 saturated carbocycles. The van der Waals surface area contributed by atoms with E-state index in [4.69, 9.17) is 17.3 Å². The number of nitrogens with two attached hydrogens (primary N) is 1. The number of halogens is 1. The second kappa shape index (κ2) is 5.48. The van der Waals surface area contributed by atoms with E-state index < -0.39 is 6.10 Å². The van der Waals surface area contributed by atoms with Crippen LogP contribution in [0.15, 0.2) is 0 Å². The lowest BCUT2D eigenvalue weighted by Gasteiger charge is -2.39. The van der Waals surface area contributed by atoms with Crippen LogP contribution < -0.4 is 10.6 Å². The quantitative estimate of drug-likeness (QED) is 0.825. The topological polar surface area (TPSA) is 78.5 Å². The first kappa shape index (κ1) is 14.3. The van der Waals surface area contributed by atoms with Crippen LogP contribution in [0.25, 0.3) is 0 Å². The zero-order valence-electron chi connectivity index (χ0n) is 11.5. The number of rotatable bonds is 2. The number of hydrogen-bond acceptors (Lipinski definition) is 6. The molecule has 0 aliphatic carbocycles. The molecular formula is C12H20ClN5O. The Bertz CT molecular complexity index is 468. The van der Waals surface area contributed by atoms with Crippen molar-refractivity contribution in [2.24, 2.45) is 0 Å². The normalized spacial score (nSPS) is 24.0. The summed E-state index contributed by atoms with van der Waals surface area (Å²) in [6.07, 6.45) is 0.421. The lowest BCUT2D eigenvalue weighted by molar-refractivity contribution is 0.0628. The van der Waals surface area contributed by atoms with Crippen LogP contribution in [0.2, 0.25) is 5.02 Å². The molecule has 2 rings (SSSR count). The van der Waals surface area contributed by atoms with Gasteiger partial charge < -0.3 is 20.6 Å². The van der Waals surface area contributed by atoms with Gasteiger partial charge in [-0.1, -0.05) is 11.6 Å². The highest BCUT2D eigenvalue weighted by Crippen LogP contribution is 2.29. The summed E-state index contributed by atoms with van der Waals surface area (Å²) in [7, 11) is 3.95. The summed E-state index contributed by atoms with van der Waals surface area (Å²) in [5.74, 6) is 0.823. The molecule has 19 heavy (non-hydrogen) atoms. The highest BCUT2D eigenvalue weighted by molar-refractivity contribution is 6.33. The van der Waals surface area contributed by atoms with E-state index in [2.05, 4.69) is 9.97 Å². The van der Waals surface area contributed by atoms with Crippen LogP contribution >= 0.6 is 11.6 Å². The van der Waals surface area contributed by atoms with E-state index in [0.29, 0.717) is 23.1 Å². The fourth-order valence-electron chi connectivity index (χ4n) is 2.49. The molecular weight excluding hydrogens is 266 g/mol. The number of nitrogen functional groups attached to an aromatic ring is 1. The molecule has 1 aliphatic heterocycles. The minimum absolute atomic E-state index is 0.162. The zero-order chi connectivity index (χ0) is 14.2. The molecule has 2 heterocycles. The minimum Gasteiger partial charge on any atom is -0.390 e. The molecule has 1 saturated heterocycles. The van der Waals surface area contributed by atoms with Gasteiger partial charge in [-0.25, -0.2) is 4.98 Å². The Morgan fingerprint density at radius 2 is 2.11 bits per heavy atom. The molecule has 3 N–H and O–H groups in total. The van der Waals surface area contributed by atoms with E-state index in [1.165, 1.54) is 0 Å². The van der Waals surface area contributed by atoms with Gasteiger partial charge in [0.1, 0.15) is 5.02 Å². The van der Waals surface area contributed by atoms with Crippen molar-refractivity contribution in [3.05, 3.63) is 10.7 Å². The Morgan fingerprint density at radius 1 is 1.42 bits per heavy atom. The fourth-order valence-corrected chi connectivity index (χ4v) is 2.69. The maximum atomic E-state index is 10.2. The van der Waals surface area contributed by atoms with E-state index in [1.807, 2.05) is 23.9 Å². The van der Waals surface area contributed by atoms with Gasteiger partial charge in [-0.2, -0.15) is 4.98 Å². The van der Waals surface area contributed by atoms with Crippen molar-refractivity contribution in [2.75, 3.05) is 37.8 Å². The summed E-state index contributed by atoms with van der Waals surface area (Å²) < 4.78 is 0. The lowest BCUT2D eigenvalue weighted by atomic mass is 10.0. The number of aryl methyl sites for hydroxylation is 1. The van der Waals surface area contributed by atoms with Gasteiger partial charge in [-0.3, -0.25) is 0 Å². The van der Waals surface area contributed by atoms with E-state index in [9.17, 15) is 5.11 Å². The van der Waals surface area contributed by atoms with Gasteiger partial charge in [0.15, 0.2) is 5.82 Å². The fraction of sp³-hybridized carbons (Fsp3) is 0.667. The first-order chi connectivity index (χ1) is 8.90. The average molecular weight is 286 g/mol. The standard InChI is InChI=1S/C12H20ClN5O/c1-7-10(13)11(16-12(14)15-7)18-5-4-8(17(2)3)9(19)6-18/h8-9,19H,4-6H2,1-3H3,(H2,14,15,16)/t8-,9-/m0/s1. The highest BCUT2D eigenvalue weighted by atomic mass is 35.5. The number of anilines is 2. The molecule has 0 amide bonds. The molecule has 0 unspecified atom stereocenters. The van der Waals surface area contributed by atoms with Crippen LogP contribution in [0, 0.1) is 6.92 Å². The van der Waals surface area contributed by atoms with E-state index in [1.54, 1.807) is 6.92 Å². The molecule has 7 heteroatoms. The summed E-state index contributed by atoms with van der Waals surface area (Å²) in [5, 5.41) is 10.7. The maximum Gasteiger partial charge on any atom is 0.222 e. The largest absolute Gasteiger partial charge is 0.390 e. The highest BCUT2D eigenvalue weighted by Gasteiger charge is 2.30. The number of β-amino-alcohol motifs (C(OH)–C–C–N with tert-alkyl or cyclic N) is 1. The van der Waals surface area contributed by atoms with E-state index >= 15 is 0 Å². The van der Waals surface area contributed by atoms with Crippen molar-refractivity contribution >= 4 is 23.4 Å². The molecule has 0 bridgehead atoms. The third-order valence-corrected chi connectivity index (χ3v) is 3.97. The van der Waals surface area contributed by atoms with Crippen molar-refractivity contribution in [3.63, 3.8) is 0 Å². The third kappa shape index (κ3) is 2.91. The van der Waals surface area contributed by atoms with Crippen molar-refractivity contribution in [3.8, 4) is 0 Å². The third-order valence-electron chi connectivity index (χ3n) is 3.53. The Hall–Kier alpha value is -1.11. The van der Waals surface area contributed by atoms with Gasteiger partial charge in [-0.05, 0) is 27.4 Å². The molecule has 1 fully saturated rings. The zero-order valence-corrected chi connectivity index (χ0v) is 12.2. The van der Waals surface area contributed by atoms with Crippen molar-refractivity contribution in [2.45, 2.75) is 25.5 Å². The number of aliphatic hydroxyl groups is 1. The molecule has 0 aromatic carbocycles. The summed E-state index contributed by atoms with van der Waals surface area (Å²) in [4.78, 5) is 12.2. The summed E-state index contributed by atoms with van der Waals surface area (Å²) in [5.41, 5.74) is 6.33. The number of nitrogens with zero attached hydrogens (tertiary/aromatic N) is 4. The number of aromatic nitrogens is 2. The Balaban J connectivity index is 2.21. The molecule has 1 aromatic heterocycles. The summed E-state index contributed by atoms with van der Waals surface area (Å²) in [6, 6.07) is 0.162. The van der Waals surface area contributed by atoms with Crippen molar-refractivity contribution in [1.29, 1.82) is 0 Å². The summed E-state index contributed by atoms with van der Waals surface area (Å²) >= 11 is 6.23. The molecule has 0 radical (unpaired) electrons. The molecule has 1 aliphatic rings. The maximum absolute atomic E-state index is 10.2. The van der Waals surface area contributed by atoms with Crippen LogP contribution in [0.1, 0.15) is 12.1 Å². The minimum atomic E-state index is -0.434. The first-order valence-corrected chi connectivity index (χ1v) is 6.67. The van der Waals surface area contributed by atoms with Gasteiger partial charge in [-0.15, -0.1) is 0 Å². The molecule has 106 valence electrons. The first-order valence-electron chi connectivity index (χ1n) is 6.29. The Labute approximate surface area is 118 Å². The predicted molar refractivity (Wildman–Crippen MR) is 76.5 cm³/mol. The summed E-state index contributed by atoms with van der Waals surface area (Å²) in [6.45, 7) is 3.08. The second-order valence-electron chi connectivity index (χ2n) is 5.14. The second-order valence-corrected chi connectivity index (χ2v) is 5.52. The molecule has 6 nitrogen and oxygen atoms in total. The van der Waals surface area contributed by atoms with E-state index in [0.717, 1.165) is 13.0 Å². The van der Waals surface area contributed by atoms with Gasteiger partial charge in [0.2, 0.25) is 5.95 Å². The van der Waals surface area contributed by atoms with Crippen LogP contribution in [0.3, 0.4) is 0 Å². The molecule has 0 spiro atoms.